The quantitative estimate of drug-likeness (QED) is 0.155. The zero-order chi connectivity index (χ0) is 32.2. The fourth-order valence-electron chi connectivity index (χ4n) is 5.15. The van der Waals surface area contributed by atoms with Gasteiger partial charge in [-0.25, -0.2) is 17.6 Å². The summed E-state index contributed by atoms with van der Waals surface area (Å²) in [6.45, 7) is 2.06. The van der Waals surface area contributed by atoms with Crippen LogP contribution in [-0.4, -0.2) is 6.11 Å². The summed E-state index contributed by atoms with van der Waals surface area (Å²) in [5.41, 5.74) is 0.145. The molecule has 1 saturated carbocycles. The maximum absolute atomic E-state index is 15.0. The van der Waals surface area contributed by atoms with Crippen LogP contribution in [0.2, 0.25) is 0 Å². The van der Waals surface area contributed by atoms with E-state index in [4.69, 9.17) is 0 Å². The number of benzene rings is 3. The van der Waals surface area contributed by atoms with Crippen LogP contribution in [0.15, 0.2) is 60.9 Å². The number of aryl methyl sites for hydroxylation is 1. The first-order valence-electron chi connectivity index (χ1n) is 13.6. The number of rotatable bonds is 11. The van der Waals surface area contributed by atoms with Gasteiger partial charge in [-0.05, 0) is 49.1 Å². The fourth-order valence-corrected chi connectivity index (χ4v) is 5.15. The summed E-state index contributed by atoms with van der Waals surface area (Å²) in [5, 5.41) is 0. The van der Waals surface area contributed by atoms with Gasteiger partial charge in [0.15, 0.2) is 23.6 Å². The fraction of sp³-hybridized carbons (Fsp3) is 0.355. The van der Waals surface area contributed by atoms with Crippen molar-refractivity contribution in [1.82, 2.24) is 0 Å². The van der Waals surface area contributed by atoms with Crippen molar-refractivity contribution >= 4 is 0 Å². The lowest BCUT2D eigenvalue weighted by molar-refractivity contribution is -0.222. The Morgan fingerprint density at radius 1 is 0.773 bits per heavy atom. The second-order valence-corrected chi connectivity index (χ2v) is 10.3. The van der Waals surface area contributed by atoms with Crippen molar-refractivity contribution in [3.63, 3.8) is 0 Å². The smallest absolute Gasteiger partial charge is 0.432 e. The minimum atomic E-state index is -4.91. The molecule has 0 N–H and O–H groups in total. The Hall–Kier alpha value is -3.90. The molecule has 0 atom stereocenters. The van der Waals surface area contributed by atoms with Crippen molar-refractivity contribution in [2.24, 2.45) is 5.92 Å². The van der Waals surface area contributed by atoms with E-state index in [0.717, 1.165) is 18.4 Å². The standard InChI is InChI=1S/C31H26F10O3/c1-2-3-17-4-6-18(7-5-17)19-8-10-20(11-9-19)30(38,39)43-21-12-23(32)28(24(33)13-21)31(40,41)44-22-14-25(34)29(26(35)15-22)42-16-27(36)37/h4-7,12-16,19-20H,2-3,8-11H2,1H3. The third-order valence-corrected chi connectivity index (χ3v) is 7.24. The lowest BCUT2D eigenvalue weighted by atomic mass is 9.78. The van der Waals surface area contributed by atoms with Gasteiger partial charge in [0.1, 0.15) is 28.7 Å². The van der Waals surface area contributed by atoms with Crippen molar-refractivity contribution in [1.29, 1.82) is 0 Å². The first kappa shape index (κ1) is 33.0. The van der Waals surface area contributed by atoms with Crippen molar-refractivity contribution in [2.45, 2.75) is 63.6 Å². The molecule has 0 unspecified atom stereocenters. The highest BCUT2D eigenvalue weighted by molar-refractivity contribution is 5.37. The van der Waals surface area contributed by atoms with Crippen LogP contribution in [0.3, 0.4) is 0 Å². The number of hydrogen-bond acceptors (Lipinski definition) is 3. The molecule has 0 spiro atoms. The minimum absolute atomic E-state index is 0.0410. The van der Waals surface area contributed by atoms with Gasteiger partial charge in [-0.3, -0.25) is 0 Å². The van der Waals surface area contributed by atoms with Gasteiger partial charge in [0.05, 0.1) is 5.92 Å². The van der Waals surface area contributed by atoms with E-state index in [-0.39, 0.29) is 49.3 Å². The molecule has 238 valence electrons. The molecular formula is C31H26F10O3. The summed E-state index contributed by atoms with van der Waals surface area (Å²) in [7, 11) is 0. The average molecular weight is 637 g/mol. The van der Waals surface area contributed by atoms with Crippen LogP contribution in [0.5, 0.6) is 17.2 Å². The molecule has 0 amide bonds. The first-order valence-corrected chi connectivity index (χ1v) is 13.6. The van der Waals surface area contributed by atoms with E-state index in [1.54, 1.807) is 0 Å². The summed E-state index contributed by atoms with van der Waals surface area (Å²) in [5.74, 6) is -12.6. The van der Waals surface area contributed by atoms with Gasteiger partial charge in [-0.1, -0.05) is 37.6 Å². The number of halogens is 10. The molecule has 1 aliphatic rings. The zero-order valence-electron chi connectivity index (χ0n) is 23.1. The van der Waals surface area contributed by atoms with Gasteiger partial charge in [0.25, 0.3) is 0 Å². The van der Waals surface area contributed by atoms with Gasteiger partial charge >= 0.3 is 18.3 Å². The highest BCUT2D eigenvalue weighted by atomic mass is 19.3. The molecule has 13 heteroatoms. The van der Waals surface area contributed by atoms with Crippen LogP contribution in [0.4, 0.5) is 43.9 Å². The predicted octanol–water partition coefficient (Wildman–Crippen LogP) is 10.4. The normalized spacial score (nSPS) is 17.2. The minimum Gasteiger partial charge on any atom is -0.453 e. The predicted molar refractivity (Wildman–Crippen MR) is 139 cm³/mol. The number of hydrogen-bond donors (Lipinski definition) is 0. The maximum Gasteiger partial charge on any atom is 0.432 e. The summed E-state index contributed by atoms with van der Waals surface area (Å²) >= 11 is 0. The molecule has 0 saturated heterocycles. The third kappa shape index (κ3) is 7.78. The van der Waals surface area contributed by atoms with E-state index < -0.39 is 70.3 Å². The molecule has 0 aliphatic heterocycles. The molecule has 0 radical (unpaired) electrons. The van der Waals surface area contributed by atoms with E-state index in [1.165, 1.54) is 5.56 Å². The van der Waals surface area contributed by atoms with E-state index in [2.05, 4.69) is 21.1 Å². The Kier molecular flexibility index (Phi) is 10.0. The van der Waals surface area contributed by atoms with Crippen LogP contribution in [0.25, 0.3) is 0 Å². The molecular weight excluding hydrogens is 610 g/mol. The van der Waals surface area contributed by atoms with E-state index in [1.807, 2.05) is 24.3 Å². The Labute approximate surface area is 246 Å². The van der Waals surface area contributed by atoms with E-state index >= 15 is 0 Å². The Balaban J connectivity index is 1.43. The highest BCUT2D eigenvalue weighted by Crippen LogP contribution is 2.44. The SMILES string of the molecule is CCCc1ccc(C2CCC(C(F)(F)Oc3cc(F)c(C(F)(F)Oc4cc(F)c(OC=C(F)F)c(F)c4)c(F)c3)CC2)cc1. The van der Waals surface area contributed by atoms with Crippen molar-refractivity contribution < 1.29 is 58.1 Å². The van der Waals surface area contributed by atoms with E-state index in [0.29, 0.717) is 12.8 Å². The van der Waals surface area contributed by atoms with Crippen LogP contribution < -0.4 is 14.2 Å². The van der Waals surface area contributed by atoms with Gasteiger partial charge in [-0.2, -0.15) is 26.3 Å². The summed E-state index contributed by atoms with van der Waals surface area (Å²) < 4.78 is 154. The molecule has 1 fully saturated rings. The van der Waals surface area contributed by atoms with Crippen molar-refractivity contribution in [2.75, 3.05) is 0 Å². The molecule has 0 bridgehead atoms. The molecule has 0 heterocycles. The van der Waals surface area contributed by atoms with Crippen LogP contribution in [-0.2, 0) is 12.5 Å². The molecule has 4 rings (SSSR count). The summed E-state index contributed by atoms with van der Waals surface area (Å²) in [6, 6.07) is 8.38. The monoisotopic (exact) mass is 636 g/mol. The second kappa shape index (κ2) is 13.4. The van der Waals surface area contributed by atoms with E-state index in [9.17, 15) is 43.9 Å². The molecule has 3 aromatic rings. The molecule has 3 nitrogen and oxygen atoms in total. The van der Waals surface area contributed by atoms with Crippen LogP contribution in [0.1, 0.15) is 61.6 Å². The first-order chi connectivity index (χ1) is 20.7. The van der Waals surface area contributed by atoms with Gasteiger partial charge in [-0.15, -0.1) is 0 Å². The molecule has 1 aliphatic carbocycles. The van der Waals surface area contributed by atoms with Gasteiger partial charge < -0.3 is 14.2 Å². The van der Waals surface area contributed by atoms with Gasteiger partial charge in [0.2, 0.25) is 0 Å². The summed E-state index contributed by atoms with van der Waals surface area (Å²) in [4.78, 5) is 0. The topological polar surface area (TPSA) is 27.7 Å². The van der Waals surface area contributed by atoms with Crippen molar-refractivity contribution in [3.05, 3.63) is 101 Å². The number of ether oxygens (including phenoxy) is 3. The molecule has 3 aromatic carbocycles. The molecule has 44 heavy (non-hydrogen) atoms. The lowest BCUT2D eigenvalue weighted by Crippen LogP contribution is -2.37. The van der Waals surface area contributed by atoms with Gasteiger partial charge in [0, 0.05) is 24.3 Å². The Morgan fingerprint density at radius 3 is 1.82 bits per heavy atom. The Bertz CT molecular complexity index is 1430. The maximum atomic E-state index is 15.0. The second-order valence-electron chi connectivity index (χ2n) is 10.3. The van der Waals surface area contributed by atoms with Crippen LogP contribution in [0, 0.1) is 29.2 Å². The highest BCUT2D eigenvalue weighted by Gasteiger charge is 2.46. The zero-order valence-corrected chi connectivity index (χ0v) is 23.1. The average Bonchev–Trinajstić information content (AvgIpc) is 2.92. The Morgan fingerprint density at radius 2 is 1.30 bits per heavy atom. The number of alkyl halides is 4. The molecule has 0 aromatic heterocycles. The third-order valence-electron chi connectivity index (χ3n) is 7.24. The largest absolute Gasteiger partial charge is 0.453 e. The lowest BCUT2D eigenvalue weighted by Gasteiger charge is -2.33. The van der Waals surface area contributed by atoms with Crippen molar-refractivity contribution in [3.8, 4) is 17.2 Å². The van der Waals surface area contributed by atoms with Crippen LogP contribution >= 0.6 is 0 Å². The summed E-state index contributed by atoms with van der Waals surface area (Å²) in [6.07, 6.45) is -8.72.